The molecule has 0 saturated carbocycles. The maximum absolute atomic E-state index is 9.08. The van der Waals surface area contributed by atoms with Gasteiger partial charge in [-0.15, -0.1) is 0 Å². The molecule has 1 atom stereocenters. The summed E-state index contributed by atoms with van der Waals surface area (Å²) >= 11 is 0. The molecule has 2 rings (SSSR count). The van der Waals surface area contributed by atoms with Crippen molar-refractivity contribution in [1.82, 2.24) is 0 Å². The Balaban J connectivity index is 2.43. The summed E-state index contributed by atoms with van der Waals surface area (Å²) in [5.74, 6) is 0. The largest absolute Gasteiger partial charge is 0.368 e. The van der Waals surface area contributed by atoms with E-state index in [1.165, 1.54) is 6.42 Å². The molecule has 1 aromatic carbocycles. The molecule has 1 heterocycles. The third-order valence-electron chi connectivity index (χ3n) is 2.99. The first-order valence-electron chi connectivity index (χ1n) is 5.00. The van der Waals surface area contributed by atoms with Gasteiger partial charge in [-0.1, -0.05) is 12.1 Å². The standard InChI is InChI=1S/C12H14N2/c1-9-4-3-5-12(11(9)8-13)14-7-6-10(14)2/h3-5,10H,6-7H2,1-2H3. The minimum Gasteiger partial charge on any atom is -0.368 e. The van der Waals surface area contributed by atoms with Crippen LogP contribution >= 0.6 is 0 Å². The van der Waals surface area contributed by atoms with Gasteiger partial charge in [0.15, 0.2) is 0 Å². The molecule has 1 unspecified atom stereocenters. The summed E-state index contributed by atoms with van der Waals surface area (Å²) in [5, 5.41) is 9.08. The van der Waals surface area contributed by atoms with Crippen LogP contribution in [0.2, 0.25) is 0 Å². The minimum atomic E-state index is 0.587. The van der Waals surface area contributed by atoms with Gasteiger partial charge < -0.3 is 4.90 Å². The van der Waals surface area contributed by atoms with Crippen LogP contribution in [0.15, 0.2) is 18.2 Å². The summed E-state index contributed by atoms with van der Waals surface area (Å²) in [4.78, 5) is 2.30. The fourth-order valence-corrected chi connectivity index (χ4v) is 1.91. The van der Waals surface area contributed by atoms with E-state index in [9.17, 15) is 0 Å². The van der Waals surface area contributed by atoms with Gasteiger partial charge in [-0.2, -0.15) is 5.26 Å². The van der Waals surface area contributed by atoms with E-state index in [1.807, 2.05) is 25.1 Å². The van der Waals surface area contributed by atoms with Crippen molar-refractivity contribution in [1.29, 1.82) is 5.26 Å². The highest BCUT2D eigenvalue weighted by atomic mass is 15.2. The molecule has 0 amide bonds. The highest BCUT2D eigenvalue weighted by Gasteiger charge is 2.25. The normalized spacial score (nSPS) is 20.1. The van der Waals surface area contributed by atoms with Crippen LogP contribution in [0.5, 0.6) is 0 Å². The number of anilines is 1. The number of hydrogen-bond acceptors (Lipinski definition) is 2. The Morgan fingerprint density at radius 1 is 1.50 bits per heavy atom. The lowest BCUT2D eigenvalue weighted by molar-refractivity contribution is 0.481. The van der Waals surface area contributed by atoms with Gasteiger partial charge in [0.1, 0.15) is 6.07 Å². The maximum atomic E-state index is 9.08. The highest BCUT2D eigenvalue weighted by molar-refractivity contribution is 5.63. The number of aryl methyl sites for hydroxylation is 1. The molecule has 0 radical (unpaired) electrons. The first kappa shape index (κ1) is 9.08. The second kappa shape index (κ2) is 3.34. The lowest BCUT2D eigenvalue weighted by Crippen LogP contribution is -2.46. The second-order valence-electron chi connectivity index (χ2n) is 3.91. The monoisotopic (exact) mass is 186 g/mol. The van der Waals surface area contributed by atoms with E-state index in [2.05, 4.69) is 17.9 Å². The predicted octanol–water partition coefficient (Wildman–Crippen LogP) is 2.47. The summed E-state index contributed by atoms with van der Waals surface area (Å²) in [7, 11) is 0. The van der Waals surface area contributed by atoms with Crippen LogP contribution in [0.25, 0.3) is 0 Å². The quantitative estimate of drug-likeness (QED) is 0.673. The molecular formula is C12H14N2. The molecule has 1 fully saturated rings. The van der Waals surface area contributed by atoms with Gasteiger partial charge in [-0.25, -0.2) is 0 Å². The molecule has 14 heavy (non-hydrogen) atoms. The van der Waals surface area contributed by atoms with E-state index in [-0.39, 0.29) is 0 Å². The van der Waals surface area contributed by atoms with Crippen LogP contribution in [0, 0.1) is 18.3 Å². The lowest BCUT2D eigenvalue weighted by Gasteiger charge is -2.41. The molecule has 1 aromatic rings. The first-order chi connectivity index (χ1) is 6.74. The molecule has 2 heteroatoms. The number of benzene rings is 1. The molecule has 0 aromatic heterocycles. The molecule has 1 aliphatic heterocycles. The van der Waals surface area contributed by atoms with Crippen molar-refractivity contribution < 1.29 is 0 Å². The number of nitrogens with zero attached hydrogens (tertiary/aromatic N) is 2. The van der Waals surface area contributed by atoms with Gasteiger partial charge >= 0.3 is 0 Å². The highest BCUT2D eigenvalue weighted by Crippen LogP contribution is 2.30. The molecule has 1 aliphatic rings. The Morgan fingerprint density at radius 3 is 2.79 bits per heavy atom. The molecule has 0 N–H and O–H groups in total. The van der Waals surface area contributed by atoms with Gasteiger partial charge in [0.2, 0.25) is 0 Å². The van der Waals surface area contributed by atoms with Gasteiger partial charge in [-0.05, 0) is 31.9 Å². The van der Waals surface area contributed by atoms with Crippen molar-refractivity contribution in [2.24, 2.45) is 0 Å². The zero-order valence-corrected chi connectivity index (χ0v) is 8.62. The fraction of sp³-hybridized carbons (Fsp3) is 0.417. The topological polar surface area (TPSA) is 27.0 Å². The van der Waals surface area contributed by atoms with Crippen molar-refractivity contribution in [2.45, 2.75) is 26.3 Å². The predicted molar refractivity (Wildman–Crippen MR) is 57.3 cm³/mol. The summed E-state index contributed by atoms with van der Waals surface area (Å²) in [6, 6.07) is 8.94. The third-order valence-corrected chi connectivity index (χ3v) is 2.99. The smallest absolute Gasteiger partial charge is 0.102 e. The average molecular weight is 186 g/mol. The van der Waals surface area contributed by atoms with E-state index in [0.29, 0.717) is 6.04 Å². The lowest BCUT2D eigenvalue weighted by atomic mass is 9.99. The van der Waals surface area contributed by atoms with E-state index in [4.69, 9.17) is 5.26 Å². The van der Waals surface area contributed by atoms with Gasteiger partial charge in [0.25, 0.3) is 0 Å². The van der Waals surface area contributed by atoms with Crippen LogP contribution in [0.1, 0.15) is 24.5 Å². The summed E-state index contributed by atoms with van der Waals surface area (Å²) in [6.07, 6.45) is 1.23. The second-order valence-corrected chi connectivity index (χ2v) is 3.91. The van der Waals surface area contributed by atoms with Crippen LogP contribution in [-0.2, 0) is 0 Å². The van der Waals surface area contributed by atoms with Crippen molar-refractivity contribution in [2.75, 3.05) is 11.4 Å². The van der Waals surface area contributed by atoms with Crippen LogP contribution in [-0.4, -0.2) is 12.6 Å². The molecule has 0 spiro atoms. The molecule has 0 bridgehead atoms. The van der Waals surface area contributed by atoms with E-state index < -0.39 is 0 Å². The zero-order valence-electron chi connectivity index (χ0n) is 8.62. The van der Waals surface area contributed by atoms with Gasteiger partial charge in [-0.3, -0.25) is 0 Å². The Labute approximate surface area is 84.8 Å². The van der Waals surface area contributed by atoms with Crippen LogP contribution < -0.4 is 4.90 Å². The van der Waals surface area contributed by atoms with Crippen LogP contribution in [0.3, 0.4) is 0 Å². The summed E-state index contributed by atoms with van der Waals surface area (Å²) in [5.41, 5.74) is 3.01. The van der Waals surface area contributed by atoms with Crippen molar-refractivity contribution in [3.63, 3.8) is 0 Å². The summed E-state index contributed by atoms with van der Waals surface area (Å²) < 4.78 is 0. The van der Waals surface area contributed by atoms with Crippen LogP contribution in [0.4, 0.5) is 5.69 Å². The number of nitriles is 1. The SMILES string of the molecule is Cc1cccc(N2CCC2C)c1C#N. The third kappa shape index (κ3) is 1.26. The van der Waals surface area contributed by atoms with E-state index >= 15 is 0 Å². The maximum Gasteiger partial charge on any atom is 0.102 e. The average Bonchev–Trinajstić information content (AvgIpc) is 2.16. The molecular weight excluding hydrogens is 172 g/mol. The zero-order chi connectivity index (χ0) is 10.1. The Kier molecular flexibility index (Phi) is 2.17. The van der Waals surface area contributed by atoms with Crippen molar-refractivity contribution in [3.05, 3.63) is 29.3 Å². The van der Waals surface area contributed by atoms with Gasteiger partial charge in [0, 0.05) is 12.6 Å². The van der Waals surface area contributed by atoms with Gasteiger partial charge in [0.05, 0.1) is 11.3 Å². The molecule has 2 nitrogen and oxygen atoms in total. The minimum absolute atomic E-state index is 0.587. The number of hydrogen-bond donors (Lipinski definition) is 0. The fourth-order valence-electron chi connectivity index (χ4n) is 1.91. The molecule has 0 aliphatic carbocycles. The van der Waals surface area contributed by atoms with Crippen molar-refractivity contribution >= 4 is 5.69 Å². The molecule has 1 saturated heterocycles. The van der Waals surface area contributed by atoms with Crippen molar-refractivity contribution in [3.8, 4) is 6.07 Å². The van der Waals surface area contributed by atoms with E-state index in [0.717, 1.165) is 23.4 Å². The Hall–Kier alpha value is -1.49. The Bertz CT molecular complexity index is 390. The van der Waals surface area contributed by atoms with E-state index in [1.54, 1.807) is 0 Å². The first-order valence-corrected chi connectivity index (χ1v) is 5.00. The molecule has 72 valence electrons. The summed E-state index contributed by atoms with van der Waals surface area (Å²) in [6.45, 7) is 5.28. The Morgan fingerprint density at radius 2 is 2.29 bits per heavy atom. The number of rotatable bonds is 1.